The van der Waals surface area contributed by atoms with Crippen LogP contribution in [0.25, 0.3) is 11.1 Å². The van der Waals surface area contributed by atoms with Gasteiger partial charge in [0, 0.05) is 26.1 Å². The Morgan fingerprint density at radius 1 is 1.11 bits per heavy atom. The molecule has 0 nitrogen and oxygen atoms in total. The average molecular weight is 307 g/mol. The Morgan fingerprint density at radius 2 is 1.89 bits per heavy atom. The zero-order chi connectivity index (χ0) is 13.8. The second kappa shape index (κ2) is 6.39. The molecule has 2 aromatic carbocycles. The normalized spacial score (nSPS) is 9.89. The quantitative estimate of drug-likeness (QED) is 0.502. The molecule has 0 amide bonds. The van der Waals surface area contributed by atoms with Crippen molar-refractivity contribution in [2.45, 2.75) is 11.8 Å². The van der Waals surface area contributed by atoms with Gasteiger partial charge in [0.2, 0.25) is 0 Å². The van der Waals surface area contributed by atoms with Crippen molar-refractivity contribution in [3.8, 4) is 23.0 Å². The topological polar surface area (TPSA) is 0 Å². The van der Waals surface area contributed by atoms with Gasteiger partial charge in [-0.15, -0.1) is 17.7 Å². The molecule has 0 aliphatic rings. The van der Waals surface area contributed by atoms with Gasteiger partial charge in [-0.3, -0.25) is 0 Å². The molecule has 0 fully saturated rings. The third-order valence-electron chi connectivity index (χ3n) is 2.67. The molecular formula is C16H12Cl2S. The SMILES string of the molecule is CC#Cc1cccc(Cl)c1-c1cc(Cl)cc(SC)c1. The van der Waals surface area contributed by atoms with Gasteiger partial charge in [0.05, 0.1) is 0 Å². The maximum Gasteiger partial charge on any atom is 0.0496 e. The number of rotatable bonds is 2. The molecule has 0 aromatic heterocycles. The maximum absolute atomic E-state index is 6.33. The lowest BCUT2D eigenvalue weighted by Gasteiger charge is -2.10. The first kappa shape index (κ1) is 14.3. The van der Waals surface area contributed by atoms with Gasteiger partial charge in [0.1, 0.15) is 0 Å². The smallest absolute Gasteiger partial charge is 0.0496 e. The Hall–Kier alpha value is -1.07. The number of halogens is 2. The molecule has 2 rings (SSSR count). The molecule has 0 saturated carbocycles. The van der Waals surface area contributed by atoms with Crippen LogP contribution in [-0.4, -0.2) is 6.26 Å². The van der Waals surface area contributed by atoms with Crippen LogP contribution in [0.3, 0.4) is 0 Å². The van der Waals surface area contributed by atoms with E-state index in [0.29, 0.717) is 10.0 Å². The minimum atomic E-state index is 0.689. The fraction of sp³-hybridized carbons (Fsp3) is 0.125. The predicted molar refractivity (Wildman–Crippen MR) is 86.2 cm³/mol. The third kappa shape index (κ3) is 3.28. The van der Waals surface area contributed by atoms with Crippen molar-refractivity contribution in [2.75, 3.05) is 6.26 Å². The molecule has 0 saturated heterocycles. The molecule has 0 aliphatic heterocycles. The van der Waals surface area contributed by atoms with Crippen LogP contribution in [0, 0.1) is 11.8 Å². The highest BCUT2D eigenvalue weighted by molar-refractivity contribution is 7.98. The van der Waals surface area contributed by atoms with Crippen molar-refractivity contribution in [3.63, 3.8) is 0 Å². The lowest BCUT2D eigenvalue weighted by molar-refractivity contribution is 1.45. The van der Waals surface area contributed by atoms with Crippen molar-refractivity contribution in [1.29, 1.82) is 0 Å². The largest absolute Gasteiger partial charge is 0.130 e. The Bertz CT molecular complexity index is 666. The van der Waals surface area contributed by atoms with Gasteiger partial charge in [0.25, 0.3) is 0 Å². The van der Waals surface area contributed by atoms with Gasteiger partial charge in [0.15, 0.2) is 0 Å². The Morgan fingerprint density at radius 3 is 2.58 bits per heavy atom. The van der Waals surface area contributed by atoms with E-state index in [2.05, 4.69) is 17.9 Å². The first-order valence-electron chi connectivity index (χ1n) is 5.72. The van der Waals surface area contributed by atoms with Gasteiger partial charge in [-0.1, -0.05) is 35.2 Å². The Kier molecular flexibility index (Phi) is 4.82. The van der Waals surface area contributed by atoms with Gasteiger partial charge < -0.3 is 0 Å². The zero-order valence-electron chi connectivity index (χ0n) is 10.6. The Labute approximate surface area is 128 Å². The number of benzene rings is 2. The van der Waals surface area contributed by atoms with Crippen molar-refractivity contribution >= 4 is 35.0 Å². The summed E-state index contributed by atoms with van der Waals surface area (Å²) in [6, 6.07) is 11.7. The summed E-state index contributed by atoms with van der Waals surface area (Å²) < 4.78 is 0. The van der Waals surface area contributed by atoms with Crippen LogP contribution < -0.4 is 0 Å². The molecule has 0 spiro atoms. The maximum atomic E-state index is 6.33. The summed E-state index contributed by atoms with van der Waals surface area (Å²) in [7, 11) is 0. The van der Waals surface area contributed by atoms with Gasteiger partial charge >= 0.3 is 0 Å². The molecule has 0 radical (unpaired) electrons. The second-order valence-corrected chi connectivity index (χ2v) is 5.64. The zero-order valence-corrected chi connectivity index (χ0v) is 13.0. The number of thioether (sulfide) groups is 1. The fourth-order valence-corrected chi connectivity index (χ4v) is 2.95. The molecule has 0 bridgehead atoms. The van der Waals surface area contributed by atoms with E-state index in [1.165, 1.54) is 0 Å². The van der Waals surface area contributed by atoms with Crippen LogP contribution in [0.2, 0.25) is 10.0 Å². The molecule has 96 valence electrons. The lowest BCUT2D eigenvalue weighted by Crippen LogP contribution is -1.87. The van der Waals surface area contributed by atoms with E-state index in [1.54, 1.807) is 11.8 Å². The van der Waals surface area contributed by atoms with Crippen LogP contribution in [0.4, 0.5) is 0 Å². The molecular weight excluding hydrogens is 295 g/mol. The molecule has 0 heterocycles. The van der Waals surface area contributed by atoms with Crippen LogP contribution >= 0.6 is 35.0 Å². The van der Waals surface area contributed by atoms with E-state index >= 15 is 0 Å². The minimum absolute atomic E-state index is 0.689. The molecule has 0 N–H and O–H groups in total. The van der Waals surface area contributed by atoms with Gasteiger partial charge in [-0.05, 0) is 49.1 Å². The van der Waals surface area contributed by atoms with Crippen molar-refractivity contribution in [1.82, 2.24) is 0 Å². The predicted octanol–water partition coefficient (Wildman–Crippen LogP) is 5.75. The molecule has 0 aliphatic carbocycles. The highest BCUT2D eigenvalue weighted by Gasteiger charge is 2.10. The van der Waals surface area contributed by atoms with E-state index in [1.807, 2.05) is 43.5 Å². The van der Waals surface area contributed by atoms with Crippen LogP contribution in [0.1, 0.15) is 12.5 Å². The van der Waals surface area contributed by atoms with E-state index in [9.17, 15) is 0 Å². The van der Waals surface area contributed by atoms with E-state index in [-0.39, 0.29) is 0 Å². The van der Waals surface area contributed by atoms with E-state index < -0.39 is 0 Å². The number of hydrogen-bond donors (Lipinski definition) is 0. The molecule has 3 heteroatoms. The Balaban J connectivity index is 2.69. The van der Waals surface area contributed by atoms with Crippen LogP contribution in [0.5, 0.6) is 0 Å². The van der Waals surface area contributed by atoms with Crippen molar-refractivity contribution in [2.24, 2.45) is 0 Å². The first-order valence-corrected chi connectivity index (χ1v) is 7.70. The monoisotopic (exact) mass is 306 g/mol. The van der Waals surface area contributed by atoms with Crippen LogP contribution in [0.15, 0.2) is 41.3 Å². The van der Waals surface area contributed by atoms with E-state index in [0.717, 1.165) is 21.6 Å². The summed E-state index contributed by atoms with van der Waals surface area (Å²) >= 11 is 14.2. The van der Waals surface area contributed by atoms with Crippen molar-refractivity contribution in [3.05, 3.63) is 52.0 Å². The molecule has 2 aromatic rings. The summed E-state index contributed by atoms with van der Waals surface area (Å²) in [4.78, 5) is 1.11. The third-order valence-corrected chi connectivity index (χ3v) is 3.91. The first-order chi connectivity index (χ1) is 9.15. The van der Waals surface area contributed by atoms with Crippen molar-refractivity contribution < 1.29 is 0 Å². The minimum Gasteiger partial charge on any atom is -0.130 e. The second-order valence-electron chi connectivity index (χ2n) is 3.92. The summed E-state index contributed by atoms with van der Waals surface area (Å²) in [5.41, 5.74) is 2.86. The summed E-state index contributed by atoms with van der Waals surface area (Å²) in [6.45, 7) is 1.82. The van der Waals surface area contributed by atoms with Gasteiger partial charge in [-0.2, -0.15) is 0 Å². The number of hydrogen-bond acceptors (Lipinski definition) is 1. The fourth-order valence-electron chi connectivity index (χ4n) is 1.88. The molecule has 0 atom stereocenters. The average Bonchev–Trinajstić information content (AvgIpc) is 2.38. The summed E-state index contributed by atoms with van der Waals surface area (Å²) in [6.07, 6.45) is 2.02. The summed E-state index contributed by atoms with van der Waals surface area (Å²) in [5, 5.41) is 1.40. The summed E-state index contributed by atoms with van der Waals surface area (Å²) in [5.74, 6) is 6.01. The van der Waals surface area contributed by atoms with Gasteiger partial charge in [-0.25, -0.2) is 0 Å². The standard InChI is InChI=1S/C16H12Cl2S/c1-3-5-11-6-4-7-15(18)16(11)12-8-13(17)10-14(9-12)19-2/h4,6-10H,1-2H3. The van der Waals surface area contributed by atoms with Crippen LogP contribution in [-0.2, 0) is 0 Å². The highest BCUT2D eigenvalue weighted by atomic mass is 35.5. The van der Waals surface area contributed by atoms with E-state index in [4.69, 9.17) is 23.2 Å². The lowest BCUT2D eigenvalue weighted by atomic mass is 10.00. The highest BCUT2D eigenvalue weighted by Crippen LogP contribution is 2.35. The molecule has 19 heavy (non-hydrogen) atoms. The molecule has 0 unspecified atom stereocenters.